The van der Waals surface area contributed by atoms with E-state index in [9.17, 15) is 9.90 Å². The van der Waals surface area contributed by atoms with E-state index in [0.29, 0.717) is 0 Å². The maximum atomic E-state index is 13.0. The Bertz CT molecular complexity index is 858. The highest BCUT2D eigenvalue weighted by atomic mass is 16.3. The zero-order valence-corrected chi connectivity index (χ0v) is 13.9. The molecule has 1 aliphatic carbocycles. The Morgan fingerprint density at radius 2 is 1.20 bits per heavy atom. The summed E-state index contributed by atoms with van der Waals surface area (Å²) < 4.78 is 0. The number of carbonyl (C=O) groups excluding carboxylic acids is 1. The van der Waals surface area contributed by atoms with Crippen LogP contribution in [0.15, 0.2) is 91.0 Å². The fourth-order valence-electron chi connectivity index (χ4n) is 4.12. The lowest BCUT2D eigenvalue weighted by molar-refractivity contribution is -0.119. The van der Waals surface area contributed by atoms with Gasteiger partial charge in [-0.3, -0.25) is 4.79 Å². The van der Waals surface area contributed by atoms with E-state index in [-0.39, 0.29) is 24.0 Å². The van der Waals surface area contributed by atoms with Gasteiger partial charge >= 0.3 is 0 Å². The fourth-order valence-corrected chi connectivity index (χ4v) is 4.12. The molecule has 0 heterocycles. The second-order valence-corrected chi connectivity index (χ2v) is 6.71. The number of aliphatic hydroxyl groups is 1. The number of benzene rings is 3. The molecule has 1 N–H and O–H groups in total. The molecule has 0 radical (unpaired) electrons. The Hall–Kier alpha value is -2.71. The summed E-state index contributed by atoms with van der Waals surface area (Å²) in [5, 5.41) is 11.7. The average molecular weight is 328 g/mol. The molecule has 1 saturated carbocycles. The molecule has 2 nitrogen and oxygen atoms in total. The van der Waals surface area contributed by atoms with Gasteiger partial charge in [0.15, 0.2) is 0 Å². The maximum absolute atomic E-state index is 13.0. The van der Waals surface area contributed by atoms with Gasteiger partial charge in [0.25, 0.3) is 0 Å². The van der Waals surface area contributed by atoms with Crippen LogP contribution in [0.2, 0.25) is 0 Å². The van der Waals surface area contributed by atoms with E-state index >= 15 is 0 Å². The summed E-state index contributed by atoms with van der Waals surface area (Å²) in [5.74, 6) is -0.550. The van der Waals surface area contributed by atoms with Crippen LogP contribution in [0.4, 0.5) is 0 Å². The van der Waals surface area contributed by atoms with E-state index in [4.69, 9.17) is 0 Å². The van der Waals surface area contributed by atoms with Crippen LogP contribution in [0.1, 0.15) is 34.9 Å². The molecule has 0 unspecified atom stereocenters. The number of Topliss-reactive ketones (excluding diaryl/α,β-unsaturated/α-hetero) is 1. The van der Waals surface area contributed by atoms with E-state index in [1.807, 2.05) is 91.0 Å². The van der Waals surface area contributed by atoms with Gasteiger partial charge < -0.3 is 5.11 Å². The van der Waals surface area contributed by atoms with Gasteiger partial charge in [-0.1, -0.05) is 91.0 Å². The van der Waals surface area contributed by atoms with Crippen molar-refractivity contribution in [2.24, 2.45) is 0 Å². The van der Waals surface area contributed by atoms with E-state index < -0.39 is 5.60 Å². The molecule has 0 saturated heterocycles. The van der Waals surface area contributed by atoms with E-state index in [1.54, 1.807) is 0 Å². The minimum Gasteiger partial charge on any atom is -0.384 e. The summed E-state index contributed by atoms with van der Waals surface area (Å²) >= 11 is 0. The first-order valence-corrected chi connectivity index (χ1v) is 8.60. The highest BCUT2D eigenvalue weighted by Gasteiger charge is 2.54. The normalized spacial score (nSPS) is 25.9. The Balaban J connectivity index is 1.90. The summed E-state index contributed by atoms with van der Waals surface area (Å²) in [6, 6.07) is 29.3. The molecule has 2 heteroatoms. The van der Waals surface area contributed by atoms with Crippen LogP contribution < -0.4 is 0 Å². The number of ketones is 1. The minimum absolute atomic E-state index is 0.0893. The zero-order chi connectivity index (χ0) is 17.3. The van der Waals surface area contributed by atoms with Gasteiger partial charge in [0.2, 0.25) is 0 Å². The maximum Gasteiger partial charge on any atom is 0.144 e. The quantitative estimate of drug-likeness (QED) is 0.773. The average Bonchev–Trinajstić information content (AvgIpc) is 2.95. The fraction of sp³-hybridized carbons (Fsp3) is 0.174. The predicted octanol–water partition coefficient (Wildman–Crippen LogP) is 4.41. The summed E-state index contributed by atoms with van der Waals surface area (Å²) in [4.78, 5) is 13.0. The summed E-state index contributed by atoms with van der Waals surface area (Å²) in [5.41, 5.74) is 1.57. The van der Waals surface area contributed by atoms with Crippen molar-refractivity contribution in [2.75, 3.05) is 0 Å². The highest BCUT2D eigenvalue weighted by Crippen LogP contribution is 2.54. The van der Waals surface area contributed by atoms with Gasteiger partial charge in [-0.2, -0.15) is 0 Å². The number of rotatable bonds is 3. The molecule has 3 atom stereocenters. The molecule has 3 aromatic carbocycles. The van der Waals surface area contributed by atoms with Crippen LogP contribution in [-0.2, 0) is 10.4 Å². The molecule has 0 bridgehead atoms. The Morgan fingerprint density at radius 3 is 1.76 bits per heavy atom. The number of hydrogen-bond acceptors (Lipinski definition) is 2. The van der Waals surface area contributed by atoms with E-state index in [2.05, 4.69) is 0 Å². The van der Waals surface area contributed by atoms with Crippen molar-refractivity contribution in [3.63, 3.8) is 0 Å². The minimum atomic E-state index is -1.19. The van der Waals surface area contributed by atoms with Crippen LogP contribution in [0, 0.1) is 0 Å². The van der Waals surface area contributed by atoms with Crippen molar-refractivity contribution in [2.45, 2.75) is 23.9 Å². The van der Waals surface area contributed by atoms with Crippen LogP contribution in [-0.4, -0.2) is 10.9 Å². The van der Waals surface area contributed by atoms with Gasteiger partial charge in [-0.15, -0.1) is 0 Å². The topological polar surface area (TPSA) is 37.3 Å². The van der Waals surface area contributed by atoms with Crippen LogP contribution in [0.3, 0.4) is 0 Å². The first-order chi connectivity index (χ1) is 12.2. The molecule has 25 heavy (non-hydrogen) atoms. The summed E-state index contributed by atoms with van der Waals surface area (Å²) in [6.07, 6.45) is 0.135. The van der Waals surface area contributed by atoms with Crippen molar-refractivity contribution in [3.05, 3.63) is 108 Å². The van der Waals surface area contributed by atoms with Crippen molar-refractivity contribution in [1.82, 2.24) is 0 Å². The molecular weight excluding hydrogens is 308 g/mol. The third kappa shape index (κ3) is 2.69. The molecule has 1 fully saturated rings. The first kappa shape index (κ1) is 15.8. The third-order valence-corrected chi connectivity index (χ3v) is 5.23. The van der Waals surface area contributed by atoms with Gasteiger partial charge in [0, 0.05) is 12.3 Å². The second-order valence-electron chi connectivity index (χ2n) is 6.71. The molecule has 1 aliphatic rings. The van der Waals surface area contributed by atoms with E-state index in [1.165, 1.54) is 0 Å². The van der Waals surface area contributed by atoms with Crippen LogP contribution in [0.5, 0.6) is 0 Å². The zero-order valence-electron chi connectivity index (χ0n) is 13.9. The monoisotopic (exact) mass is 328 g/mol. The smallest absolute Gasteiger partial charge is 0.144 e. The lowest BCUT2D eigenvalue weighted by Crippen LogP contribution is -2.30. The molecule has 124 valence electrons. The highest BCUT2D eigenvalue weighted by molar-refractivity contribution is 5.91. The first-order valence-electron chi connectivity index (χ1n) is 8.60. The second kappa shape index (κ2) is 6.30. The van der Waals surface area contributed by atoms with Crippen molar-refractivity contribution >= 4 is 5.78 Å². The van der Waals surface area contributed by atoms with Gasteiger partial charge in [-0.05, 0) is 16.7 Å². The molecule has 0 amide bonds. The largest absolute Gasteiger partial charge is 0.384 e. The summed E-state index contributed by atoms with van der Waals surface area (Å²) in [6.45, 7) is 0. The van der Waals surface area contributed by atoms with Crippen LogP contribution in [0.25, 0.3) is 0 Å². The molecule has 0 spiro atoms. The molecule has 3 aromatic rings. The standard InChI is InChI=1S/C23H20O2/c24-20-16-23(25,19-14-8-3-9-15-19)22(18-12-6-2-7-13-18)21(20)17-10-4-1-5-11-17/h1-15,21-22,25H,16H2/t21-,22+,23-/m1/s1. The van der Waals surface area contributed by atoms with Crippen molar-refractivity contribution in [1.29, 1.82) is 0 Å². The number of carbonyl (C=O) groups is 1. The van der Waals surface area contributed by atoms with E-state index in [0.717, 1.165) is 16.7 Å². The SMILES string of the molecule is O=C1C[C@@](O)(c2ccccc2)[C@@H](c2ccccc2)[C@@H]1c1ccccc1. The lowest BCUT2D eigenvalue weighted by atomic mass is 9.74. The molecule has 4 rings (SSSR count). The van der Waals surface area contributed by atoms with Crippen molar-refractivity contribution in [3.8, 4) is 0 Å². The Kier molecular flexibility index (Phi) is 3.98. The lowest BCUT2D eigenvalue weighted by Gasteiger charge is -2.33. The van der Waals surface area contributed by atoms with Gasteiger partial charge in [0.1, 0.15) is 11.4 Å². The Labute approximate surface area is 147 Å². The summed E-state index contributed by atoms with van der Waals surface area (Å²) in [7, 11) is 0. The third-order valence-electron chi connectivity index (χ3n) is 5.23. The molecule has 0 aromatic heterocycles. The Morgan fingerprint density at radius 1 is 0.720 bits per heavy atom. The number of hydrogen-bond donors (Lipinski definition) is 1. The molecule has 0 aliphatic heterocycles. The van der Waals surface area contributed by atoms with Gasteiger partial charge in [-0.25, -0.2) is 0 Å². The van der Waals surface area contributed by atoms with Gasteiger partial charge in [0.05, 0.1) is 5.92 Å². The molecular formula is C23H20O2. The van der Waals surface area contributed by atoms with Crippen LogP contribution >= 0.6 is 0 Å². The predicted molar refractivity (Wildman–Crippen MR) is 98.3 cm³/mol. The van der Waals surface area contributed by atoms with Crippen molar-refractivity contribution < 1.29 is 9.90 Å².